The molecular weight excluding hydrogens is 418 g/mol. The molecule has 1 fully saturated rings. The van der Waals surface area contributed by atoms with Gasteiger partial charge in [0.1, 0.15) is 17.0 Å². The fourth-order valence-corrected chi connectivity index (χ4v) is 5.07. The van der Waals surface area contributed by atoms with Crippen LogP contribution in [0, 0.1) is 0 Å². The third kappa shape index (κ3) is 4.79. The molecule has 1 amide bonds. The Kier molecular flexibility index (Phi) is 6.09. The number of hydrogen-bond donors (Lipinski definition) is 2. The van der Waals surface area contributed by atoms with E-state index >= 15 is 0 Å². The van der Waals surface area contributed by atoms with Crippen molar-refractivity contribution in [2.45, 2.75) is 18.9 Å². The maximum Gasteiger partial charge on any atom is 0.238 e. The van der Waals surface area contributed by atoms with Gasteiger partial charge < -0.3 is 10.6 Å². The number of para-hydroxylation sites is 1. The number of benzene rings is 2. The van der Waals surface area contributed by atoms with Gasteiger partial charge in [-0.1, -0.05) is 48.5 Å². The molecule has 7 heteroatoms. The smallest absolute Gasteiger partial charge is 0.238 e. The molecule has 0 atom stereocenters. The molecule has 3 heterocycles. The van der Waals surface area contributed by atoms with Crippen molar-refractivity contribution in [3.8, 4) is 10.4 Å². The van der Waals surface area contributed by atoms with Gasteiger partial charge in [0.25, 0.3) is 0 Å². The van der Waals surface area contributed by atoms with E-state index in [1.54, 1.807) is 17.7 Å². The van der Waals surface area contributed by atoms with Gasteiger partial charge in [-0.2, -0.15) is 0 Å². The Labute approximate surface area is 191 Å². The van der Waals surface area contributed by atoms with Crippen molar-refractivity contribution in [1.82, 2.24) is 14.9 Å². The summed E-state index contributed by atoms with van der Waals surface area (Å²) >= 11 is 1.69. The van der Waals surface area contributed by atoms with Crippen LogP contribution in [0.3, 0.4) is 0 Å². The van der Waals surface area contributed by atoms with Crippen LogP contribution < -0.4 is 10.6 Å². The number of likely N-dealkylation sites (tertiary alicyclic amines) is 1. The van der Waals surface area contributed by atoms with Crippen molar-refractivity contribution in [3.63, 3.8) is 0 Å². The van der Waals surface area contributed by atoms with Crippen molar-refractivity contribution in [1.29, 1.82) is 0 Å². The summed E-state index contributed by atoms with van der Waals surface area (Å²) in [5.41, 5.74) is 2.04. The predicted molar refractivity (Wildman–Crippen MR) is 131 cm³/mol. The van der Waals surface area contributed by atoms with Gasteiger partial charge in [0.15, 0.2) is 0 Å². The lowest BCUT2D eigenvalue weighted by Crippen LogP contribution is -2.42. The Morgan fingerprint density at radius 2 is 1.72 bits per heavy atom. The molecule has 0 bridgehead atoms. The topological polar surface area (TPSA) is 70.2 Å². The monoisotopic (exact) mass is 443 g/mol. The zero-order valence-corrected chi connectivity index (χ0v) is 18.5. The van der Waals surface area contributed by atoms with E-state index in [2.05, 4.69) is 55.8 Å². The lowest BCUT2D eigenvalue weighted by atomic mass is 10.0. The number of rotatable bonds is 6. The minimum absolute atomic E-state index is 0.0341. The quantitative estimate of drug-likeness (QED) is 0.445. The predicted octanol–water partition coefficient (Wildman–Crippen LogP) is 4.87. The van der Waals surface area contributed by atoms with Crippen LogP contribution in [0.15, 0.2) is 73.1 Å². The summed E-state index contributed by atoms with van der Waals surface area (Å²) in [5.74, 6) is 0.931. The molecule has 1 saturated heterocycles. The lowest BCUT2D eigenvalue weighted by Gasteiger charge is -2.32. The molecule has 1 aliphatic heterocycles. The number of aromatic nitrogens is 2. The number of thiophene rings is 1. The molecule has 4 aromatic rings. The number of anilines is 2. The summed E-state index contributed by atoms with van der Waals surface area (Å²) in [6.07, 6.45) is 3.58. The van der Waals surface area contributed by atoms with Crippen molar-refractivity contribution in [3.05, 3.63) is 73.1 Å². The second-order valence-electron chi connectivity index (χ2n) is 8.03. The van der Waals surface area contributed by atoms with E-state index < -0.39 is 0 Å². The Hall–Kier alpha value is -3.29. The van der Waals surface area contributed by atoms with Crippen LogP contribution in [0.2, 0.25) is 0 Å². The maximum atomic E-state index is 12.3. The third-order valence-electron chi connectivity index (χ3n) is 5.74. The Morgan fingerprint density at radius 3 is 2.47 bits per heavy atom. The highest BCUT2D eigenvalue weighted by Crippen LogP contribution is 2.35. The van der Waals surface area contributed by atoms with Crippen LogP contribution in [0.4, 0.5) is 11.5 Å². The lowest BCUT2D eigenvalue weighted by molar-refractivity contribution is -0.117. The van der Waals surface area contributed by atoms with Crippen molar-refractivity contribution in [2.24, 2.45) is 0 Å². The van der Waals surface area contributed by atoms with Crippen molar-refractivity contribution < 1.29 is 4.79 Å². The molecule has 162 valence electrons. The number of nitrogens with zero attached hydrogens (tertiary/aromatic N) is 3. The molecule has 0 aliphatic carbocycles. The average molecular weight is 444 g/mol. The van der Waals surface area contributed by atoms with E-state index in [1.165, 1.54) is 10.4 Å². The van der Waals surface area contributed by atoms with Crippen molar-refractivity contribution >= 4 is 39.0 Å². The minimum atomic E-state index is 0.0341. The van der Waals surface area contributed by atoms with E-state index in [1.807, 2.05) is 36.4 Å². The maximum absolute atomic E-state index is 12.3. The first-order valence-corrected chi connectivity index (χ1v) is 11.7. The molecule has 2 aromatic heterocycles. The van der Waals surface area contributed by atoms with Gasteiger partial charge in [-0.15, -0.1) is 11.3 Å². The summed E-state index contributed by atoms with van der Waals surface area (Å²) in [5, 5.41) is 7.67. The molecule has 2 N–H and O–H groups in total. The molecule has 2 aromatic carbocycles. The van der Waals surface area contributed by atoms with Crippen LogP contribution in [-0.4, -0.2) is 46.5 Å². The standard InChI is InChI=1S/C25H25N5OS/c31-23(28-19-9-5-2-6-10-19)16-30-13-11-20(12-14-30)29-24-21-15-22(18-7-3-1-4-8-18)32-25(21)27-17-26-24/h1-10,15,17,20H,11-14,16H2,(H,28,31)(H,26,27,29). The van der Waals surface area contributed by atoms with Gasteiger partial charge in [0, 0.05) is 29.7 Å². The molecular formula is C25H25N5OS. The number of hydrogen-bond acceptors (Lipinski definition) is 6. The first-order valence-electron chi connectivity index (χ1n) is 10.9. The van der Waals surface area contributed by atoms with Gasteiger partial charge >= 0.3 is 0 Å². The highest BCUT2D eigenvalue weighted by molar-refractivity contribution is 7.21. The van der Waals surface area contributed by atoms with Gasteiger partial charge in [0.2, 0.25) is 5.91 Å². The van der Waals surface area contributed by atoms with Crippen LogP contribution in [0.25, 0.3) is 20.7 Å². The number of carbonyl (C=O) groups excluding carboxylic acids is 1. The minimum Gasteiger partial charge on any atom is -0.367 e. The van der Waals surface area contributed by atoms with E-state index in [9.17, 15) is 4.79 Å². The number of nitrogens with one attached hydrogen (secondary N) is 2. The van der Waals surface area contributed by atoms with E-state index in [0.29, 0.717) is 12.6 Å². The van der Waals surface area contributed by atoms with E-state index in [-0.39, 0.29) is 5.91 Å². The molecule has 6 nitrogen and oxygen atoms in total. The molecule has 0 unspecified atom stereocenters. The second-order valence-corrected chi connectivity index (χ2v) is 9.06. The van der Waals surface area contributed by atoms with E-state index in [4.69, 9.17) is 0 Å². The van der Waals surface area contributed by atoms with Crippen molar-refractivity contribution in [2.75, 3.05) is 30.3 Å². The number of piperidine rings is 1. The fraction of sp³-hybridized carbons (Fsp3) is 0.240. The largest absolute Gasteiger partial charge is 0.367 e. The number of amides is 1. The Bertz CT molecular complexity index is 1190. The third-order valence-corrected chi connectivity index (χ3v) is 6.83. The SMILES string of the molecule is O=C(CN1CCC(Nc2ncnc3sc(-c4ccccc4)cc23)CC1)Nc1ccccc1. The van der Waals surface area contributed by atoms with Gasteiger partial charge in [-0.3, -0.25) is 9.69 Å². The average Bonchev–Trinajstić information content (AvgIpc) is 3.27. The molecule has 0 radical (unpaired) electrons. The van der Waals surface area contributed by atoms with Crippen LogP contribution in [-0.2, 0) is 4.79 Å². The normalized spacial score (nSPS) is 15.0. The van der Waals surface area contributed by atoms with Crippen LogP contribution in [0.1, 0.15) is 12.8 Å². The van der Waals surface area contributed by atoms with Gasteiger partial charge in [0.05, 0.1) is 11.9 Å². The Morgan fingerprint density at radius 1 is 1.00 bits per heavy atom. The van der Waals surface area contributed by atoms with E-state index in [0.717, 1.165) is 47.7 Å². The summed E-state index contributed by atoms with van der Waals surface area (Å²) in [6, 6.07) is 22.5. The molecule has 0 spiro atoms. The second kappa shape index (κ2) is 9.46. The Balaban J connectivity index is 1.19. The molecule has 32 heavy (non-hydrogen) atoms. The summed E-state index contributed by atoms with van der Waals surface area (Å²) < 4.78 is 0. The molecule has 5 rings (SSSR count). The summed E-state index contributed by atoms with van der Waals surface area (Å²) in [4.78, 5) is 25.7. The zero-order chi connectivity index (χ0) is 21.8. The zero-order valence-electron chi connectivity index (χ0n) is 17.7. The first kappa shape index (κ1) is 20.6. The summed E-state index contributed by atoms with van der Waals surface area (Å²) in [7, 11) is 0. The highest BCUT2D eigenvalue weighted by Gasteiger charge is 2.22. The highest BCUT2D eigenvalue weighted by atomic mass is 32.1. The fourth-order valence-electron chi connectivity index (χ4n) is 4.07. The van der Waals surface area contributed by atoms with Gasteiger partial charge in [-0.05, 0) is 36.6 Å². The van der Waals surface area contributed by atoms with Gasteiger partial charge in [-0.25, -0.2) is 9.97 Å². The number of fused-ring (bicyclic) bond motifs is 1. The first-order chi connectivity index (χ1) is 15.7. The number of carbonyl (C=O) groups is 1. The van der Waals surface area contributed by atoms with Crippen LogP contribution in [0.5, 0.6) is 0 Å². The van der Waals surface area contributed by atoms with Crippen LogP contribution >= 0.6 is 11.3 Å². The molecule has 1 aliphatic rings. The molecule has 0 saturated carbocycles. The summed E-state index contributed by atoms with van der Waals surface area (Å²) in [6.45, 7) is 2.18.